The average molecular weight is 431 g/mol. The van der Waals surface area contributed by atoms with Crippen LogP contribution in [-0.4, -0.2) is 36.1 Å². The van der Waals surface area contributed by atoms with Crippen molar-refractivity contribution in [3.05, 3.63) is 80.8 Å². The van der Waals surface area contributed by atoms with Gasteiger partial charge in [-0.25, -0.2) is 5.43 Å². The number of ether oxygens (including phenoxy) is 2. The first-order chi connectivity index (χ1) is 15.4. The highest BCUT2D eigenvalue weighted by atomic mass is 16.5. The Hall–Kier alpha value is -4.45. The van der Waals surface area contributed by atoms with Crippen LogP contribution in [0.15, 0.2) is 52.4 Å². The molecule has 32 heavy (non-hydrogen) atoms. The lowest BCUT2D eigenvalue weighted by atomic mass is 10.1. The van der Waals surface area contributed by atoms with Crippen molar-refractivity contribution in [1.29, 1.82) is 5.26 Å². The predicted octanol–water partition coefficient (Wildman–Crippen LogP) is 2.50. The van der Waals surface area contributed by atoms with Crippen molar-refractivity contribution in [1.82, 2.24) is 15.2 Å². The molecule has 0 bridgehead atoms. The van der Waals surface area contributed by atoms with Gasteiger partial charge in [0.1, 0.15) is 11.6 Å². The number of carbonyl (C=O) groups excluding carboxylic acids is 1. The van der Waals surface area contributed by atoms with E-state index < -0.39 is 11.5 Å². The van der Waals surface area contributed by atoms with Gasteiger partial charge in [0.25, 0.3) is 11.5 Å². The number of amides is 1. The number of hydrogen-bond donors (Lipinski definition) is 1. The molecule has 3 rings (SSSR count). The van der Waals surface area contributed by atoms with Crippen LogP contribution in [-0.2, 0) is 0 Å². The van der Waals surface area contributed by atoms with Gasteiger partial charge in [0.15, 0.2) is 17.2 Å². The number of hydrogen-bond acceptors (Lipinski definition) is 7. The van der Waals surface area contributed by atoms with Gasteiger partial charge in [-0.2, -0.15) is 20.1 Å². The largest absolute Gasteiger partial charge is 0.493 e. The van der Waals surface area contributed by atoms with Crippen LogP contribution in [0.3, 0.4) is 0 Å². The fraction of sp³-hybridized carbons (Fsp3) is 0.174. The van der Waals surface area contributed by atoms with Crippen LogP contribution >= 0.6 is 0 Å². The Morgan fingerprint density at radius 2 is 1.88 bits per heavy atom. The molecule has 0 saturated heterocycles. The number of para-hydroxylation sites is 1. The van der Waals surface area contributed by atoms with Gasteiger partial charge in [0.2, 0.25) is 0 Å². The highest BCUT2D eigenvalue weighted by Crippen LogP contribution is 2.29. The van der Waals surface area contributed by atoms with E-state index in [1.54, 1.807) is 42.5 Å². The van der Waals surface area contributed by atoms with Crippen LogP contribution in [0.4, 0.5) is 0 Å². The lowest BCUT2D eigenvalue weighted by Crippen LogP contribution is -2.31. The number of carbonyl (C=O) groups is 1. The molecule has 1 aromatic heterocycles. The molecule has 0 aliphatic rings. The molecule has 0 spiro atoms. The lowest BCUT2D eigenvalue weighted by molar-refractivity contribution is 0.0947. The van der Waals surface area contributed by atoms with E-state index in [2.05, 4.69) is 15.6 Å². The number of aryl methyl sites for hydroxylation is 1. The summed E-state index contributed by atoms with van der Waals surface area (Å²) in [6.07, 6.45) is 1.40. The highest BCUT2D eigenvalue weighted by Gasteiger charge is 2.20. The third-order valence-corrected chi connectivity index (χ3v) is 4.74. The Kier molecular flexibility index (Phi) is 6.65. The molecule has 1 heterocycles. The van der Waals surface area contributed by atoms with Crippen molar-refractivity contribution in [2.24, 2.45) is 5.10 Å². The Morgan fingerprint density at radius 3 is 2.50 bits per heavy atom. The Bertz CT molecular complexity index is 1290. The van der Waals surface area contributed by atoms with Crippen molar-refractivity contribution in [2.75, 3.05) is 14.2 Å². The van der Waals surface area contributed by atoms with E-state index in [4.69, 9.17) is 9.47 Å². The van der Waals surface area contributed by atoms with E-state index in [0.717, 1.165) is 10.2 Å². The molecule has 9 heteroatoms. The summed E-state index contributed by atoms with van der Waals surface area (Å²) < 4.78 is 11.6. The first kappa shape index (κ1) is 22.2. The van der Waals surface area contributed by atoms with Gasteiger partial charge in [0, 0.05) is 11.1 Å². The number of benzene rings is 2. The monoisotopic (exact) mass is 431 g/mol. The molecule has 9 nitrogen and oxygen atoms in total. The molecule has 1 N–H and O–H groups in total. The molecule has 2 aromatic carbocycles. The number of aromatic nitrogens is 2. The fourth-order valence-electron chi connectivity index (χ4n) is 3.04. The van der Waals surface area contributed by atoms with Crippen LogP contribution in [0.25, 0.3) is 5.69 Å². The summed E-state index contributed by atoms with van der Waals surface area (Å²) in [6, 6.07) is 14.1. The normalized spacial score (nSPS) is 10.6. The van der Waals surface area contributed by atoms with Gasteiger partial charge in [-0.05, 0) is 38.1 Å². The van der Waals surface area contributed by atoms with Crippen LogP contribution in [0.1, 0.15) is 32.7 Å². The smallest absolute Gasteiger partial charge is 0.292 e. The molecule has 0 aliphatic carbocycles. The second kappa shape index (κ2) is 9.57. The summed E-state index contributed by atoms with van der Waals surface area (Å²) in [5, 5.41) is 17.6. The third-order valence-electron chi connectivity index (χ3n) is 4.74. The number of nitrogens with one attached hydrogen (secondary N) is 1. The molecule has 0 saturated carbocycles. The first-order valence-electron chi connectivity index (χ1n) is 9.56. The zero-order valence-corrected chi connectivity index (χ0v) is 18.0. The van der Waals surface area contributed by atoms with Crippen molar-refractivity contribution < 1.29 is 14.3 Å². The van der Waals surface area contributed by atoms with Crippen molar-refractivity contribution in [3.63, 3.8) is 0 Å². The minimum absolute atomic E-state index is 0.0866. The highest BCUT2D eigenvalue weighted by molar-refractivity contribution is 5.95. The number of nitriles is 1. The molecule has 0 fully saturated rings. The number of nitrogens with zero attached hydrogens (tertiary/aromatic N) is 4. The van der Waals surface area contributed by atoms with Crippen molar-refractivity contribution >= 4 is 12.1 Å². The minimum atomic E-state index is -0.669. The van der Waals surface area contributed by atoms with E-state index in [0.29, 0.717) is 22.7 Å². The van der Waals surface area contributed by atoms with E-state index >= 15 is 0 Å². The average Bonchev–Trinajstić information content (AvgIpc) is 2.80. The van der Waals surface area contributed by atoms with Gasteiger partial charge < -0.3 is 9.47 Å². The second-order valence-electron chi connectivity index (χ2n) is 6.79. The molecule has 1 amide bonds. The predicted molar refractivity (Wildman–Crippen MR) is 119 cm³/mol. The number of methoxy groups -OCH3 is 2. The van der Waals surface area contributed by atoms with Gasteiger partial charge in [-0.15, -0.1) is 0 Å². The number of rotatable bonds is 6. The van der Waals surface area contributed by atoms with Crippen molar-refractivity contribution in [2.45, 2.75) is 13.8 Å². The standard InChI is InChI=1S/C23H21N5O4/c1-14-8-10-17(11-9-14)28-23(30)18(12-24)15(2)20(27-28)22(29)26-25-13-16-6-5-7-19(31-3)21(16)32-4/h5-11,13H,1-4H3,(H,26,29)/b25-13+. The van der Waals surface area contributed by atoms with E-state index in [-0.39, 0.29) is 16.8 Å². The molecule has 0 unspecified atom stereocenters. The molecule has 0 radical (unpaired) electrons. The summed E-state index contributed by atoms with van der Waals surface area (Å²) in [6.45, 7) is 3.40. The van der Waals surface area contributed by atoms with E-state index in [9.17, 15) is 14.9 Å². The first-order valence-corrected chi connectivity index (χ1v) is 9.56. The maximum Gasteiger partial charge on any atom is 0.292 e. The van der Waals surface area contributed by atoms with E-state index in [1.165, 1.54) is 27.4 Å². The zero-order valence-electron chi connectivity index (χ0n) is 18.0. The summed E-state index contributed by atoms with van der Waals surface area (Å²) in [7, 11) is 3.02. The topological polar surface area (TPSA) is 119 Å². The molecular formula is C23H21N5O4. The number of hydrazone groups is 1. The zero-order chi connectivity index (χ0) is 23.3. The van der Waals surface area contributed by atoms with Gasteiger partial charge >= 0.3 is 0 Å². The van der Waals surface area contributed by atoms with Gasteiger partial charge in [0.05, 0.1) is 26.1 Å². The van der Waals surface area contributed by atoms with Crippen LogP contribution in [0, 0.1) is 25.2 Å². The summed E-state index contributed by atoms with van der Waals surface area (Å²) >= 11 is 0. The van der Waals surface area contributed by atoms with Crippen LogP contribution in [0.5, 0.6) is 11.5 Å². The molecule has 0 atom stereocenters. The quantitative estimate of drug-likeness (QED) is 0.473. The van der Waals surface area contributed by atoms with Crippen LogP contribution < -0.4 is 20.5 Å². The molecule has 162 valence electrons. The summed E-state index contributed by atoms with van der Waals surface area (Å²) in [4.78, 5) is 25.5. The molecule has 3 aromatic rings. The van der Waals surface area contributed by atoms with E-state index in [1.807, 2.05) is 13.0 Å². The summed E-state index contributed by atoms with van der Waals surface area (Å²) in [5.74, 6) is 0.309. The fourth-order valence-corrected chi connectivity index (χ4v) is 3.04. The second-order valence-corrected chi connectivity index (χ2v) is 6.79. The minimum Gasteiger partial charge on any atom is -0.493 e. The third kappa shape index (κ3) is 4.34. The molecular weight excluding hydrogens is 410 g/mol. The van der Waals surface area contributed by atoms with Gasteiger partial charge in [-0.3, -0.25) is 9.59 Å². The Morgan fingerprint density at radius 1 is 1.16 bits per heavy atom. The lowest BCUT2D eigenvalue weighted by Gasteiger charge is -2.11. The van der Waals surface area contributed by atoms with Gasteiger partial charge in [-0.1, -0.05) is 23.8 Å². The van der Waals surface area contributed by atoms with Crippen LogP contribution in [0.2, 0.25) is 0 Å². The van der Waals surface area contributed by atoms with Crippen molar-refractivity contribution in [3.8, 4) is 23.3 Å². The SMILES string of the molecule is COc1cccc(/C=N/NC(=O)c2nn(-c3ccc(C)cc3)c(=O)c(C#N)c2C)c1OC. The maximum atomic E-state index is 12.8. The maximum absolute atomic E-state index is 12.8. The molecule has 0 aliphatic heterocycles. The Labute approximate surface area is 184 Å². The Balaban J connectivity index is 1.96. The summed E-state index contributed by atoms with van der Waals surface area (Å²) in [5.41, 5.74) is 3.72.